The van der Waals surface area contributed by atoms with Gasteiger partial charge >= 0.3 is 5.97 Å². The fourth-order valence-electron chi connectivity index (χ4n) is 7.07. The average Bonchev–Trinajstić information content (AvgIpc) is 3.82. The highest BCUT2D eigenvalue weighted by Crippen LogP contribution is 2.65. The van der Waals surface area contributed by atoms with E-state index in [9.17, 15) is 24.0 Å². The lowest BCUT2D eigenvalue weighted by Crippen LogP contribution is -2.52. The summed E-state index contributed by atoms with van der Waals surface area (Å²) in [4.78, 5) is 68.0. The molecule has 0 radical (unpaired) electrons. The van der Waals surface area contributed by atoms with E-state index >= 15 is 0 Å². The third kappa shape index (κ3) is 5.00. The number of hydrogen-bond donors (Lipinski definition) is 0. The van der Waals surface area contributed by atoms with Crippen molar-refractivity contribution in [2.45, 2.75) is 6.42 Å². The van der Waals surface area contributed by atoms with Gasteiger partial charge in [-0.25, -0.2) is 9.80 Å². The maximum absolute atomic E-state index is 14.0. The molecule has 0 spiro atoms. The van der Waals surface area contributed by atoms with Crippen LogP contribution < -0.4 is 9.47 Å². The highest BCUT2D eigenvalue weighted by atomic mass is 35.5. The molecule has 3 aromatic carbocycles. The molecular formula is C34H26Cl2N2O7. The molecule has 6 atom stereocenters. The van der Waals surface area contributed by atoms with E-state index in [1.807, 2.05) is 12.2 Å². The SMILES string of the molecule is COc1cccc(C(=O)Oc2ccc(C(=O)CN(C(=O)c3ccc(Cl)cc3Cl)N3C(=O)[C@@H]4[C@H]5C=C[C@@H]([C@@H]6C[C@H]56)[C@@H]4C3=O)cc2)c1. The molecule has 11 heteroatoms. The van der Waals surface area contributed by atoms with Crippen molar-refractivity contribution in [3.05, 3.63) is 106 Å². The van der Waals surface area contributed by atoms with Gasteiger partial charge in [0.15, 0.2) is 5.78 Å². The van der Waals surface area contributed by atoms with Gasteiger partial charge in [0.2, 0.25) is 0 Å². The quantitative estimate of drug-likeness (QED) is 0.104. The second kappa shape index (κ2) is 11.2. The second-order valence-corrected chi connectivity index (χ2v) is 12.5. The minimum atomic E-state index is -0.778. The van der Waals surface area contributed by atoms with E-state index in [-0.39, 0.29) is 39.3 Å². The number of ether oxygens (including phenoxy) is 2. The summed E-state index contributed by atoms with van der Waals surface area (Å²) in [5.41, 5.74) is 0.453. The Morgan fingerprint density at radius 2 is 1.51 bits per heavy atom. The molecule has 3 aromatic rings. The zero-order valence-corrected chi connectivity index (χ0v) is 25.4. The van der Waals surface area contributed by atoms with Crippen molar-refractivity contribution >= 4 is 52.7 Å². The number of halogens is 2. The zero-order chi connectivity index (χ0) is 31.6. The Morgan fingerprint density at radius 3 is 2.13 bits per heavy atom. The van der Waals surface area contributed by atoms with Gasteiger partial charge in [0.1, 0.15) is 18.0 Å². The van der Waals surface area contributed by atoms with Gasteiger partial charge in [0.25, 0.3) is 17.7 Å². The number of carbonyl (C=O) groups excluding carboxylic acids is 5. The van der Waals surface area contributed by atoms with E-state index in [1.165, 1.54) is 49.6 Å². The summed E-state index contributed by atoms with van der Waals surface area (Å²) in [5, 5.41) is 2.09. The molecule has 0 aromatic heterocycles. The van der Waals surface area contributed by atoms with Gasteiger partial charge in [-0.15, -0.1) is 0 Å². The third-order valence-electron chi connectivity index (χ3n) is 9.26. The monoisotopic (exact) mass is 644 g/mol. The van der Waals surface area contributed by atoms with Crippen LogP contribution in [-0.2, 0) is 9.59 Å². The summed E-state index contributed by atoms with van der Waals surface area (Å²) >= 11 is 12.4. The maximum Gasteiger partial charge on any atom is 0.343 e. The van der Waals surface area contributed by atoms with E-state index in [2.05, 4.69) is 0 Å². The topological polar surface area (TPSA) is 110 Å². The molecule has 2 saturated carbocycles. The van der Waals surface area contributed by atoms with Crippen LogP contribution in [0.5, 0.6) is 11.5 Å². The number of hydrogen-bond acceptors (Lipinski definition) is 7. The van der Waals surface area contributed by atoms with Crippen LogP contribution in [0, 0.1) is 35.5 Å². The number of carbonyl (C=O) groups is 5. The number of amides is 3. The van der Waals surface area contributed by atoms with Crippen LogP contribution in [0.4, 0.5) is 0 Å². The number of Topliss-reactive ketones (excluding diaryl/α,β-unsaturated/α-hetero) is 1. The highest BCUT2D eigenvalue weighted by Gasteiger charge is 2.68. The van der Waals surface area contributed by atoms with Crippen LogP contribution in [0.3, 0.4) is 0 Å². The molecule has 3 fully saturated rings. The molecule has 5 aliphatic rings. The summed E-state index contributed by atoms with van der Waals surface area (Å²) in [6.07, 6.45) is 5.05. The first-order chi connectivity index (χ1) is 21.7. The van der Waals surface area contributed by atoms with Crippen molar-refractivity contribution < 1.29 is 33.4 Å². The summed E-state index contributed by atoms with van der Waals surface area (Å²) < 4.78 is 10.6. The average molecular weight is 645 g/mol. The predicted octanol–water partition coefficient (Wildman–Crippen LogP) is 5.51. The molecule has 45 heavy (non-hydrogen) atoms. The molecule has 228 valence electrons. The molecular weight excluding hydrogens is 619 g/mol. The number of rotatable bonds is 8. The Labute approximate surface area is 268 Å². The van der Waals surface area contributed by atoms with Gasteiger partial charge < -0.3 is 9.47 Å². The normalized spacial score (nSPS) is 25.4. The first kappa shape index (κ1) is 29.3. The minimum absolute atomic E-state index is 0.00640. The van der Waals surface area contributed by atoms with Gasteiger partial charge in [-0.2, -0.15) is 5.01 Å². The van der Waals surface area contributed by atoms with Crippen LogP contribution in [0.1, 0.15) is 37.5 Å². The molecule has 0 N–H and O–H groups in total. The van der Waals surface area contributed by atoms with Crippen molar-refractivity contribution in [1.82, 2.24) is 10.0 Å². The Morgan fingerprint density at radius 1 is 0.844 bits per heavy atom. The Hall–Kier alpha value is -4.47. The van der Waals surface area contributed by atoms with Gasteiger partial charge in [0.05, 0.1) is 35.1 Å². The third-order valence-corrected chi connectivity index (χ3v) is 9.81. The van der Waals surface area contributed by atoms with Gasteiger partial charge in [-0.1, -0.05) is 41.4 Å². The fraction of sp³-hybridized carbons (Fsp3) is 0.265. The number of nitrogens with zero attached hydrogens (tertiary/aromatic N) is 2. The Balaban J connectivity index is 1.14. The number of allylic oxidation sites excluding steroid dienone is 2. The van der Waals surface area contributed by atoms with E-state index < -0.39 is 47.9 Å². The minimum Gasteiger partial charge on any atom is -0.497 e. The van der Waals surface area contributed by atoms with Gasteiger partial charge in [0, 0.05) is 10.6 Å². The standard InChI is InChI=1S/C34H26Cl2N2O7/c1-44-21-4-2-3-18(13-21)34(43)45-20-8-5-17(6-9-20)28(39)16-37(31(40)24-10-7-19(35)14-27(24)36)38-32(41)29-22-11-12-23(26-15-25(22)26)30(29)33(38)42/h2-14,22-23,25-26,29-30H,15-16H2,1H3/t22-,23-,25-,26+,29-,30+/m0/s1. The fourth-order valence-corrected chi connectivity index (χ4v) is 7.56. The number of esters is 1. The van der Waals surface area contributed by atoms with E-state index in [0.717, 1.165) is 16.4 Å². The van der Waals surface area contributed by atoms with E-state index in [0.29, 0.717) is 22.6 Å². The summed E-state index contributed by atoms with van der Waals surface area (Å²) in [7, 11) is 1.49. The molecule has 4 aliphatic carbocycles. The largest absolute Gasteiger partial charge is 0.497 e. The smallest absolute Gasteiger partial charge is 0.343 e. The lowest BCUT2D eigenvalue weighted by atomic mass is 9.63. The molecule has 8 rings (SSSR count). The van der Waals surface area contributed by atoms with Crippen molar-refractivity contribution in [2.24, 2.45) is 35.5 Å². The summed E-state index contributed by atoms with van der Waals surface area (Å²) in [5.74, 6) is -2.75. The zero-order valence-electron chi connectivity index (χ0n) is 23.9. The van der Waals surface area contributed by atoms with Crippen molar-refractivity contribution in [2.75, 3.05) is 13.7 Å². The second-order valence-electron chi connectivity index (χ2n) is 11.7. The molecule has 9 nitrogen and oxygen atoms in total. The van der Waals surface area contributed by atoms with Gasteiger partial charge in [-0.05, 0) is 90.8 Å². The first-order valence-electron chi connectivity index (χ1n) is 14.5. The van der Waals surface area contributed by atoms with Crippen molar-refractivity contribution in [3.63, 3.8) is 0 Å². The number of benzene rings is 3. The molecule has 2 bridgehead atoms. The molecule has 1 saturated heterocycles. The number of imide groups is 1. The molecule has 1 aliphatic heterocycles. The number of methoxy groups -OCH3 is 1. The van der Waals surface area contributed by atoms with Crippen LogP contribution in [0.15, 0.2) is 78.9 Å². The molecule has 3 amide bonds. The van der Waals surface area contributed by atoms with E-state index in [4.69, 9.17) is 32.7 Å². The molecule has 0 unspecified atom stereocenters. The lowest BCUT2D eigenvalue weighted by Gasteiger charge is -2.37. The van der Waals surface area contributed by atoms with Crippen LogP contribution in [-0.4, -0.2) is 53.1 Å². The Bertz CT molecular complexity index is 1770. The highest BCUT2D eigenvalue weighted by molar-refractivity contribution is 6.36. The van der Waals surface area contributed by atoms with Crippen LogP contribution >= 0.6 is 23.2 Å². The van der Waals surface area contributed by atoms with Crippen molar-refractivity contribution in [1.29, 1.82) is 0 Å². The summed E-state index contributed by atoms with van der Waals surface area (Å²) in [6.45, 7) is -0.604. The number of hydrazine groups is 1. The maximum atomic E-state index is 14.0. The summed E-state index contributed by atoms with van der Waals surface area (Å²) in [6, 6.07) is 16.5. The predicted molar refractivity (Wildman–Crippen MR) is 163 cm³/mol. The molecule has 1 heterocycles. The lowest BCUT2D eigenvalue weighted by molar-refractivity contribution is -0.154. The van der Waals surface area contributed by atoms with Crippen LogP contribution in [0.2, 0.25) is 10.0 Å². The first-order valence-corrected chi connectivity index (χ1v) is 15.2. The van der Waals surface area contributed by atoms with Crippen molar-refractivity contribution in [3.8, 4) is 11.5 Å². The Kier molecular flexibility index (Phi) is 7.25. The number of ketones is 1. The van der Waals surface area contributed by atoms with E-state index in [1.54, 1.807) is 24.3 Å². The van der Waals surface area contributed by atoms with Gasteiger partial charge in [-0.3, -0.25) is 19.2 Å². The van der Waals surface area contributed by atoms with Crippen LogP contribution in [0.25, 0.3) is 0 Å².